The number of nitrogens with one attached hydrogen (secondary N) is 1. The van der Waals surface area contributed by atoms with Gasteiger partial charge in [-0.2, -0.15) is 0 Å². The minimum absolute atomic E-state index is 0.151. The Morgan fingerprint density at radius 3 is 2.58 bits per heavy atom. The summed E-state index contributed by atoms with van der Waals surface area (Å²) in [4.78, 5) is 4.46. The quantitative estimate of drug-likeness (QED) is 0.610. The molecule has 0 saturated heterocycles. The van der Waals surface area contributed by atoms with Gasteiger partial charge >= 0.3 is 0 Å². The molecule has 1 aromatic carbocycles. The van der Waals surface area contributed by atoms with E-state index in [9.17, 15) is 10.2 Å². The Bertz CT molecular complexity index is 559. The fourth-order valence-corrected chi connectivity index (χ4v) is 1.93. The van der Waals surface area contributed by atoms with E-state index in [4.69, 9.17) is 5.73 Å². The highest BCUT2D eigenvalue weighted by molar-refractivity contribution is 5.83. The van der Waals surface area contributed by atoms with Gasteiger partial charge in [0.2, 0.25) is 0 Å². The highest BCUT2D eigenvalue weighted by atomic mass is 16.3. The summed E-state index contributed by atoms with van der Waals surface area (Å²) >= 11 is 0. The Morgan fingerprint density at radius 1 is 1.21 bits per heavy atom. The Balaban J connectivity index is 2.33. The van der Waals surface area contributed by atoms with Crippen LogP contribution in [0.1, 0.15) is 13.3 Å². The molecule has 0 aliphatic rings. The Hall–Kier alpha value is -1.85. The lowest BCUT2D eigenvalue weighted by atomic mass is 9.98. The number of fused-ring (bicyclic) bond motifs is 1. The number of nitrogens with two attached hydrogens (primary N) is 1. The van der Waals surface area contributed by atoms with Crippen molar-refractivity contribution >= 4 is 22.4 Å². The molecule has 2 aromatic rings. The third-order valence-corrected chi connectivity index (χ3v) is 3.39. The van der Waals surface area contributed by atoms with Crippen LogP contribution in [0.15, 0.2) is 30.3 Å². The van der Waals surface area contributed by atoms with Crippen LogP contribution in [-0.4, -0.2) is 33.9 Å². The number of aliphatic hydroxyl groups is 2. The van der Waals surface area contributed by atoms with Gasteiger partial charge in [-0.3, -0.25) is 0 Å². The largest absolute Gasteiger partial charge is 0.399 e. The van der Waals surface area contributed by atoms with Crippen LogP contribution in [0, 0.1) is 0 Å². The van der Waals surface area contributed by atoms with Crippen LogP contribution in [0.2, 0.25) is 0 Å². The van der Waals surface area contributed by atoms with E-state index in [0.29, 0.717) is 17.9 Å². The molecule has 1 aromatic heterocycles. The topological polar surface area (TPSA) is 91.4 Å². The zero-order valence-electron chi connectivity index (χ0n) is 10.9. The number of benzene rings is 1. The molecular weight excluding hydrogens is 242 g/mol. The molecule has 1 heterocycles. The minimum Gasteiger partial charge on any atom is -0.399 e. The number of aliphatic hydroxyl groups excluding tert-OH is 2. The summed E-state index contributed by atoms with van der Waals surface area (Å²) in [6.07, 6.45) is 0.599. The number of anilines is 2. The molecule has 0 aliphatic carbocycles. The Labute approximate surface area is 112 Å². The summed E-state index contributed by atoms with van der Waals surface area (Å²) in [6.45, 7) is 1.60. The van der Waals surface area contributed by atoms with E-state index in [2.05, 4.69) is 10.3 Å². The second kappa shape index (κ2) is 5.42. The second-order valence-corrected chi connectivity index (χ2v) is 4.72. The van der Waals surface area contributed by atoms with Gasteiger partial charge in [-0.05, 0) is 36.8 Å². The predicted molar refractivity (Wildman–Crippen MR) is 77.0 cm³/mol. The lowest BCUT2D eigenvalue weighted by Gasteiger charge is -2.30. The van der Waals surface area contributed by atoms with Crippen molar-refractivity contribution in [1.82, 2.24) is 4.98 Å². The van der Waals surface area contributed by atoms with Crippen LogP contribution in [0.3, 0.4) is 0 Å². The molecule has 0 amide bonds. The fourth-order valence-electron chi connectivity index (χ4n) is 1.93. The lowest BCUT2D eigenvalue weighted by Crippen LogP contribution is -2.45. The summed E-state index contributed by atoms with van der Waals surface area (Å²) in [5.41, 5.74) is 6.49. The van der Waals surface area contributed by atoms with E-state index >= 15 is 0 Å². The van der Waals surface area contributed by atoms with Gasteiger partial charge in [-0.15, -0.1) is 0 Å². The summed E-state index contributed by atoms with van der Waals surface area (Å²) in [5, 5.41) is 22.9. The fraction of sp³-hybridized carbons (Fsp3) is 0.357. The van der Waals surface area contributed by atoms with Crippen LogP contribution in [-0.2, 0) is 0 Å². The maximum atomic E-state index is 9.42. The number of hydrogen-bond acceptors (Lipinski definition) is 5. The molecule has 19 heavy (non-hydrogen) atoms. The van der Waals surface area contributed by atoms with Crippen LogP contribution >= 0.6 is 0 Å². The van der Waals surface area contributed by atoms with E-state index in [-0.39, 0.29) is 13.2 Å². The van der Waals surface area contributed by atoms with Crippen molar-refractivity contribution in [2.24, 2.45) is 0 Å². The molecule has 0 unspecified atom stereocenters. The SMILES string of the molecule is CCC(CO)(CO)Nc1ccc2cc(N)ccc2n1. The van der Waals surface area contributed by atoms with Crippen LogP contribution in [0.4, 0.5) is 11.5 Å². The predicted octanol–water partition coefficient (Wildman–Crippen LogP) is 1.36. The summed E-state index contributed by atoms with van der Waals surface area (Å²) in [5.74, 6) is 0.627. The van der Waals surface area contributed by atoms with Gasteiger partial charge in [0, 0.05) is 11.1 Å². The first-order valence-electron chi connectivity index (χ1n) is 6.28. The van der Waals surface area contributed by atoms with E-state index in [0.717, 1.165) is 10.9 Å². The van der Waals surface area contributed by atoms with Gasteiger partial charge in [0.1, 0.15) is 5.82 Å². The number of aromatic nitrogens is 1. The molecule has 0 radical (unpaired) electrons. The van der Waals surface area contributed by atoms with Gasteiger partial charge in [-0.1, -0.05) is 6.92 Å². The first-order valence-corrected chi connectivity index (χ1v) is 6.28. The maximum absolute atomic E-state index is 9.42. The summed E-state index contributed by atoms with van der Waals surface area (Å²) in [6, 6.07) is 9.23. The molecule has 5 N–H and O–H groups in total. The van der Waals surface area contributed by atoms with Gasteiger partial charge in [0.15, 0.2) is 0 Å². The van der Waals surface area contributed by atoms with E-state index in [1.54, 1.807) is 6.07 Å². The molecule has 0 bridgehead atoms. The first-order chi connectivity index (χ1) is 9.12. The zero-order valence-corrected chi connectivity index (χ0v) is 10.9. The Kier molecular flexibility index (Phi) is 3.87. The summed E-state index contributed by atoms with van der Waals surface area (Å²) in [7, 11) is 0. The van der Waals surface area contributed by atoms with Crippen LogP contribution < -0.4 is 11.1 Å². The third kappa shape index (κ3) is 2.77. The summed E-state index contributed by atoms with van der Waals surface area (Å²) < 4.78 is 0. The first kappa shape index (κ1) is 13.6. The number of nitrogen functional groups attached to an aromatic ring is 1. The van der Waals surface area contributed by atoms with Gasteiger partial charge in [-0.25, -0.2) is 4.98 Å². The standard InChI is InChI=1S/C14H19N3O2/c1-2-14(8-18,9-19)17-13-6-3-10-7-11(15)4-5-12(10)16-13/h3-7,18-19H,2,8-9,15H2,1H3,(H,16,17). The maximum Gasteiger partial charge on any atom is 0.127 e. The molecular formula is C14H19N3O2. The van der Waals surface area contributed by atoms with E-state index < -0.39 is 5.54 Å². The number of pyridine rings is 1. The average molecular weight is 261 g/mol. The van der Waals surface area contributed by atoms with Crippen LogP contribution in [0.25, 0.3) is 10.9 Å². The van der Waals surface area contributed by atoms with Crippen molar-refractivity contribution in [2.45, 2.75) is 18.9 Å². The molecule has 0 saturated carbocycles. The second-order valence-electron chi connectivity index (χ2n) is 4.72. The third-order valence-electron chi connectivity index (χ3n) is 3.39. The van der Waals surface area contributed by atoms with E-state index in [1.807, 2.05) is 31.2 Å². The molecule has 102 valence electrons. The molecule has 2 rings (SSSR count). The monoisotopic (exact) mass is 261 g/mol. The highest BCUT2D eigenvalue weighted by Crippen LogP contribution is 2.21. The molecule has 0 fully saturated rings. The van der Waals surface area contributed by atoms with Crippen molar-refractivity contribution in [3.05, 3.63) is 30.3 Å². The Morgan fingerprint density at radius 2 is 1.95 bits per heavy atom. The number of rotatable bonds is 5. The van der Waals surface area contributed by atoms with Crippen molar-refractivity contribution < 1.29 is 10.2 Å². The number of hydrogen-bond donors (Lipinski definition) is 4. The van der Waals surface area contributed by atoms with Crippen molar-refractivity contribution in [3.63, 3.8) is 0 Å². The van der Waals surface area contributed by atoms with E-state index in [1.165, 1.54) is 0 Å². The normalized spacial score (nSPS) is 11.7. The smallest absolute Gasteiger partial charge is 0.127 e. The number of nitrogens with zero attached hydrogens (tertiary/aromatic N) is 1. The molecule has 0 aliphatic heterocycles. The van der Waals surface area contributed by atoms with Crippen molar-refractivity contribution in [2.75, 3.05) is 24.3 Å². The molecule has 0 spiro atoms. The zero-order chi connectivity index (χ0) is 13.9. The van der Waals surface area contributed by atoms with Gasteiger partial charge in [0.05, 0.1) is 24.3 Å². The van der Waals surface area contributed by atoms with Crippen molar-refractivity contribution in [1.29, 1.82) is 0 Å². The highest BCUT2D eigenvalue weighted by Gasteiger charge is 2.26. The molecule has 5 heteroatoms. The average Bonchev–Trinajstić information content (AvgIpc) is 2.45. The van der Waals surface area contributed by atoms with Gasteiger partial charge < -0.3 is 21.3 Å². The van der Waals surface area contributed by atoms with Crippen LogP contribution in [0.5, 0.6) is 0 Å². The molecule has 0 atom stereocenters. The lowest BCUT2D eigenvalue weighted by molar-refractivity contribution is 0.132. The minimum atomic E-state index is -0.742. The molecule has 5 nitrogen and oxygen atoms in total. The van der Waals surface area contributed by atoms with Crippen molar-refractivity contribution in [3.8, 4) is 0 Å². The van der Waals surface area contributed by atoms with Gasteiger partial charge in [0.25, 0.3) is 0 Å².